The number of nitrogens with zero attached hydrogens (tertiary/aromatic N) is 3. The number of aryl methyl sites for hydroxylation is 1. The first-order chi connectivity index (χ1) is 17.3. The molecule has 2 N–H and O–H groups in total. The topological polar surface area (TPSA) is 79.8 Å². The van der Waals surface area contributed by atoms with Crippen molar-refractivity contribution in [2.24, 2.45) is 0 Å². The van der Waals surface area contributed by atoms with Gasteiger partial charge in [0.25, 0.3) is 5.91 Å². The quantitative estimate of drug-likeness (QED) is 0.267. The van der Waals surface area contributed by atoms with Gasteiger partial charge in [0.15, 0.2) is 0 Å². The summed E-state index contributed by atoms with van der Waals surface area (Å²) < 4.78 is 40.2. The van der Waals surface area contributed by atoms with E-state index < -0.39 is 11.9 Å². The van der Waals surface area contributed by atoms with E-state index in [2.05, 4.69) is 25.6 Å². The molecule has 0 aliphatic rings. The summed E-state index contributed by atoms with van der Waals surface area (Å²) in [6.07, 6.45) is -2.93. The molecule has 180 valence electrons. The molecule has 10 heteroatoms. The maximum atomic E-state index is 13.4. The van der Waals surface area contributed by atoms with E-state index in [0.29, 0.717) is 38.0 Å². The van der Waals surface area contributed by atoms with Gasteiger partial charge in [-0.05, 0) is 49.4 Å². The molecule has 1 amide bonds. The number of hydrogen-bond donors (Lipinski definition) is 2. The number of pyridine rings is 2. The molecule has 5 aromatic rings. The molecule has 3 aromatic heterocycles. The second-order valence-electron chi connectivity index (χ2n) is 7.88. The molecule has 0 saturated carbocycles. The number of nitrogens with one attached hydrogen (secondary N) is 2. The zero-order chi connectivity index (χ0) is 25.3. The van der Waals surface area contributed by atoms with Gasteiger partial charge in [-0.2, -0.15) is 13.2 Å². The Morgan fingerprint density at radius 3 is 2.47 bits per heavy atom. The van der Waals surface area contributed by atoms with E-state index in [0.717, 1.165) is 6.07 Å². The van der Waals surface area contributed by atoms with Crippen molar-refractivity contribution < 1.29 is 18.0 Å². The molecule has 0 radical (unpaired) electrons. The number of rotatable bonds is 5. The third-order valence-corrected chi connectivity index (χ3v) is 6.47. The summed E-state index contributed by atoms with van der Waals surface area (Å²) in [6.45, 7) is 1.75. The molecule has 0 saturated heterocycles. The van der Waals surface area contributed by atoms with E-state index in [4.69, 9.17) is 0 Å². The van der Waals surface area contributed by atoms with E-state index in [1.807, 2.05) is 12.1 Å². The van der Waals surface area contributed by atoms with Gasteiger partial charge < -0.3 is 10.6 Å². The van der Waals surface area contributed by atoms with Gasteiger partial charge in [0.1, 0.15) is 15.6 Å². The Hall–Kier alpha value is -4.31. The van der Waals surface area contributed by atoms with Crippen molar-refractivity contribution in [1.29, 1.82) is 0 Å². The Morgan fingerprint density at radius 1 is 0.917 bits per heavy atom. The zero-order valence-electron chi connectivity index (χ0n) is 18.8. The lowest BCUT2D eigenvalue weighted by molar-refractivity contribution is -0.140. The maximum Gasteiger partial charge on any atom is 0.433 e. The highest BCUT2D eigenvalue weighted by Gasteiger charge is 2.33. The number of amides is 1. The third kappa shape index (κ3) is 4.89. The van der Waals surface area contributed by atoms with Gasteiger partial charge >= 0.3 is 6.18 Å². The lowest BCUT2D eigenvalue weighted by Gasteiger charge is -2.14. The van der Waals surface area contributed by atoms with Gasteiger partial charge in [-0.25, -0.2) is 9.97 Å². The average Bonchev–Trinajstić information content (AvgIpc) is 3.26. The van der Waals surface area contributed by atoms with Gasteiger partial charge in [-0.1, -0.05) is 30.3 Å². The van der Waals surface area contributed by atoms with Crippen LogP contribution in [0.15, 0.2) is 79.0 Å². The first-order valence-electron chi connectivity index (χ1n) is 10.8. The van der Waals surface area contributed by atoms with Crippen molar-refractivity contribution in [3.05, 3.63) is 95.3 Å². The molecule has 2 aromatic carbocycles. The molecular weight excluding hydrogens is 487 g/mol. The van der Waals surface area contributed by atoms with Gasteiger partial charge in [-0.3, -0.25) is 9.78 Å². The molecule has 5 rings (SSSR count). The monoisotopic (exact) mass is 505 g/mol. The van der Waals surface area contributed by atoms with E-state index >= 15 is 0 Å². The second kappa shape index (κ2) is 9.38. The molecule has 0 unspecified atom stereocenters. The minimum Gasteiger partial charge on any atom is -0.355 e. The highest BCUT2D eigenvalue weighted by molar-refractivity contribution is 7.17. The predicted molar refractivity (Wildman–Crippen MR) is 135 cm³/mol. The van der Waals surface area contributed by atoms with Gasteiger partial charge in [0, 0.05) is 23.0 Å². The lowest BCUT2D eigenvalue weighted by atomic mass is 10.1. The van der Waals surface area contributed by atoms with Gasteiger partial charge in [0.05, 0.1) is 22.6 Å². The molecular formula is C26H18F3N5OS. The van der Waals surface area contributed by atoms with Crippen LogP contribution in [0, 0.1) is 6.92 Å². The summed E-state index contributed by atoms with van der Waals surface area (Å²) in [6, 6.07) is 19.8. The van der Waals surface area contributed by atoms with Crippen LogP contribution >= 0.6 is 11.3 Å². The van der Waals surface area contributed by atoms with Crippen LogP contribution in [-0.2, 0) is 6.18 Å². The Balaban J connectivity index is 1.40. The fraction of sp³-hybridized carbons (Fsp3) is 0.0769. The van der Waals surface area contributed by atoms with Crippen molar-refractivity contribution >= 4 is 45.2 Å². The minimum atomic E-state index is -4.59. The van der Waals surface area contributed by atoms with Crippen LogP contribution in [0.3, 0.4) is 0 Å². The van der Waals surface area contributed by atoms with Crippen molar-refractivity contribution in [2.75, 3.05) is 10.6 Å². The number of aromatic nitrogens is 3. The number of anilines is 3. The first-order valence-corrected chi connectivity index (χ1v) is 11.6. The van der Waals surface area contributed by atoms with Crippen LogP contribution in [-0.4, -0.2) is 20.9 Å². The van der Waals surface area contributed by atoms with Crippen molar-refractivity contribution in [3.8, 4) is 10.7 Å². The maximum absolute atomic E-state index is 13.4. The number of alkyl halides is 3. The molecule has 0 spiro atoms. The van der Waals surface area contributed by atoms with Crippen molar-refractivity contribution in [2.45, 2.75) is 13.1 Å². The summed E-state index contributed by atoms with van der Waals surface area (Å²) in [5.74, 6) is -0.335. The van der Waals surface area contributed by atoms with E-state index in [1.54, 1.807) is 61.7 Å². The summed E-state index contributed by atoms with van der Waals surface area (Å²) in [4.78, 5) is 25.9. The Labute approximate surface area is 207 Å². The summed E-state index contributed by atoms with van der Waals surface area (Å²) in [7, 11) is 0. The number of benzene rings is 2. The number of para-hydroxylation sites is 1. The number of thiazole rings is 1. The van der Waals surface area contributed by atoms with E-state index in [-0.39, 0.29) is 17.1 Å². The first kappa shape index (κ1) is 23.4. The van der Waals surface area contributed by atoms with Crippen LogP contribution in [0.25, 0.3) is 21.6 Å². The van der Waals surface area contributed by atoms with E-state index in [9.17, 15) is 18.0 Å². The Bertz CT molecular complexity index is 1570. The summed E-state index contributed by atoms with van der Waals surface area (Å²) >= 11 is 1.24. The molecule has 36 heavy (non-hydrogen) atoms. The summed E-state index contributed by atoms with van der Waals surface area (Å²) in [5.41, 5.74) is 1.74. The van der Waals surface area contributed by atoms with Crippen LogP contribution in [0.4, 0.5) is 30.2 Å². The fourth-order valence-corrected chi connectivity index (χ4v) is 4.59. The van der Waals surface area contributed by atoms with Crippen LogP contribution in [0.5, 0.6) is 0 Å². The third-order valence-electron chi connectivity index (χ3n) is 5.29. The SMILES string of the molecule is Cc1nc(-c2ccccn2)sc1C(=O)Nc1cccc(Nc2cc(C(F)(F)F)nc3ccccc23)c1. The number of carbonyl (C=O) groups excluding carboxylic acids is 1. The zero-order valence-corrected chi connectivity index (χ0v) is 19.6. The molecule has 0 bridgehead atoms. The smallest absolute Gasteiger partial charge is 0.355 e. The minimum absolute atomic E-state index is 0.226. The lowest BCUT2D eigenvalue weighted by Crippen LogP contribution is -2.11. The molecule has 0 aliphatic heterocycles. The molecule has 0 fully saturated rings. The molecule has 0 aliphatic carbocycles. The second-order valence-corrected chi connectivity index (χ2v) is 8.88. The number of hydrogen-bond acceptors (Lipinski definition) is 6. The van der Waals surface area contributed by atoms with Gasteiger partial charge in [0.2, 0.25) is 0 Å². The molecule has 6 nitrogen and oxygen atoms in total. The standard InChI is InChI=1S/C26H18F3N5OS/c1-15-23(36-25(31-15)20-11-4-5-12-30-20)24(35)33-17-8-6-7-16(13-17)32-21-14-22(26(27,28)29)34-19-10-3-2-9-18(19)21/h2-14H,1H3,(H,32,34)(H,33,35). The fourth-order valence-electron chi connectivity index (χ4n) is 3.65. The molecule has 3 heterocycles. The summed E-state index contributed by atoms with van der Waals surface area (Å²) in [5, 5.41) is 7.06. The van der Waals surface area contributed by atoms with Gasteiger partial charge in [-0.15, -0.1) is 11.3 Å². The van der Waals surface area contributed by atoms with Crippen LogP contribution < -0.4 is 10.6 Å². The average molecular weight is 506 g/mol. The number of halogens is 3. The number of fused-ring (bicyclic) bond motifs is 1. The number of carbonyl (C=O) groups is 1. The largest absolute Gasteiger partial charge is 0.433 e. The highest BCUT2D eigenvalue weighted by atomic mass is 32.1. The van der Waals surface area contributed by atoms with E-state index in [1.165, 1.54) is 17.4 Å². The highest BCUT2D eigenvalue weighted by Crippen LogP contribution is 2.34. The van der Waals surface area contributed by atoms with Crippen molar-refractivity contribution in [3.63, 3.8) is 0 Å². The Morgan fingerprint density at radius 2 is 1.69 bits per heavy atom. The van der Waals surface area contributed by atoms with Crippen molar-refractivity contribution in [1.82, 2.24) is 15.0 Å². The molecule has 0 atom stereocenters. The normalized spacial score (nSPS) is 11.4. The van der Waals surface area contributed by atoms with Crippen LogP contribution in [0.2, 0.25) is 0 Å². The Kier molecular flexibility index (Phi) is 6.11. The predicted octanol–water partition coefficient (Wildman–Crippen LogP) is 7.08. The van der Waals surface area contributed by atoms with Crippen LogP contribution in [0.1, 0.15) is 21.1 Å².